The largest absolute Gasteiger partial charge is 0.350 e. The molecule has 1 saturated heterocycles. The predicted octanol–water partition coefficient (Wildman–Crippen LogP) is 3.09. The van der Waals surface area contributed by atoms with Gasteiger partial charge in [-0.3, -0.25) is 4.79 Å². The topological polar surface area (TPSA) is 66.5 Å². The van der Waals surface area contributed by atoms with Crippen LogP contribution >= 0.6 is 0 Å². The fraction of sp³-hybridized carbons (Fsp3) is 0.611. The van der Waals surface area contributed by atoms with E-state index in [0.717, 1.165) is 31.2 Å². The Labute approximate surface area is 145 Å². The summed E-state index contributed by atoms with van der Waals surface area (Å²) >= 11 is 0. The molecule has 0 saturated carbocycles. The van der Waals surface area contributed by atoms with E-state index in [1.807, 2.05) is 27.7 Å². The highest BCUT2D eigenvalue weighted by Crippen LogP contribution is 2.26. The molecule has 1 heterocycles. The van der Waals surface area contributed by atoms with Gasteiger partial charge in [0, 0.05) is 24.2 Å². The van der Waals surface area contributed by atoms with Gasteiger partial charge < -0.3 is 5.32 Å². The summed E-state index contributed by atoms with van der Waals surface area (Å²) in [5.74, 6) is -0.217. The second kappa shape index (κ2) is 7.66. The Morgan fingerprint density at radius 1 is 1.38 bits per heavy atom. The van der Waals surface area contributed by atoms with Gasteiger partial charge in [0.1, 0.15) is 0 Å². The first-order valence-electron chi connectivity index (χ1n) is 8.70. The maximum Gasteiger partial charge on any atom is 0.251 e. The predicted molar refractivity (Wildman–Crippen MR) is 95.6 cm³/mol. The van der Waals surface area contributed by atoms with Crippen LogP contribution in [0.4, 0.5) is 0 Å². The lowest BCUT2D eigenvalue weighted by Gasteiger charge is -2.32. The Balaban J connectivity index is 2.34. The standard InChI is InChI=1S/C18H28N2O3S/c1-5-14(3)19-18(21)17-12-16(10-9-13(17)2)24(22,23)20-11-7-6-8-15(20)4/h9-10,12,14-15H,5-8,11H2,1-4H3,(H,19,21)/t14-,15-/m0/s1. The maximum atomic E-state index is 13.0. The average molecular weight is 353 g/mol. The van der Waals surface area contributed by atoms with E-state index >= 15 is 0 Å². The second-order valence-electron chi connectivity index (χ2n) is 6.72. The Morgan fingerprint density at radius 2 is 2.08 bits per heavy atom. The fourth-order valence-corrected chi connectivity index (χ4v) is 4.70. The van der Waals surface area contributed by atoms with Crippen molar-refractivity contribution in [2.75, 3.05) is 6.54 Å². The van der Waals surface area contributed by atoms with Crippen molar-refractivity contribution >= 4 is 15.9 Å². The molecule has 1 N–H and O–H groups in total. The molecule has 1 amide bonds. The number of nitrogens with one attached hydrogen (secondary N) is 1. The first kappa shape index (κ1) is 18.9. The average Bonchev–Trinajstić information content (AvgIpc) is 2.55. The Hall–Kier alpha value is -1.40. The highest BCUT2D eigenvalue weighted by molar-refractivity contribution is 7.89. The van der Waals surface area contributed by atoms with Crippen LogP contribution in [0.1, 0.15) is 62.4 Å². The summed E-state index contributed by atoms with van der Waals surface area (Å²) in [6.07, 6.45) is 3.65. The van der Waals surface area contributed by atoms with Crippen LogP contribution in [0.2, 0.25) is 0 Å². The third-order valence-electron chi connectivity index (χ3n) is 4.79. The summed E-state index contributed by atoms with van der Waals surface area (Å²) in [6.45, 7) is 8.25. The lowest BCUT2D eigenvalue weighted by Crippen LogP contribution is -2.42. The first-order valence-corrected chi connectivity index (χ1v) is 10.1. The molecule has 1 fully saturated rings. The van der Waals surface area contributed by atoms with Gasteiger partial charge in [-0.25, -0.2) is 8.42 Å². The SMILES string of the molecule is CC[C@H](C)NC(=O)c1cc(S(=O)(=O)N2CCCC[C@@H]2C)ccc1C. The molecule has 134 valence electrons. The van der Waals surface area contributed by atoms with E-state index in [4.69, 9.17) is 0 Å². The number of hydrogen-bond donors (Lipinski definition) is 1. The molecule has 0 bridgehead atoms. The number of piperidine rings is 1. The van der Waals surface area contributed by atoms with Gasteiger partial charge in [0.05, 0.1) is 4.90 Å². The van der Waals surface area contributed by atoms with Gasteiger partial charge in [-0.15, -0.1) is 0 Å². The van der Waals surface area contributed by atoms with Crippen molar-refractivity contribution in [3.8, 4) is 0 Å². The molecule has 0 spiro atoms. The molecule has 2 atom stereocenters. The molecular weight excluding hydrogens is 324 g/mol. The van der Waals surface area contributed by atoms with Gasteiger partial charge in [-0.05, 0) is 57.7 Å². The maximum absolute atomic E-state index is 13.0. The molecule has 0 radical (unpaired) electrons. The highest BCUT2D eigenvalue weighted by atomic mass is 32.2. The van der Waals surface area contributed by atoms with E-state index in [0.29, 0.717) is 12.1 Å². The number of hydrogen-bond acceptors (Lipinski definition) is 3. The number of amides is 1. The molecule has 5 nitrogen and oxygen atoms in total. The van der Waals surface area contributed by atoms with E-state index in [9.17, 15) is 13.2 Å². The van der Waals surface area contributed by atoms with Crippen molar-refractivity contribution < 1.29 is 13.2 Å². The number of rotatable bonds is 5. The third kappa shape index (κ3) is 3.98. The van der Waals surface area contributed by atoms with Crippen LogP contribution < -0.4 is 5.32 Å². The summed E-state index contributed by atoms with van der Waals surface area (Å²) < 4.78 is 27.5. The van der Waals surface area contributed by atoms with Gasteiger partial charge in [0.2, 0.25) is 10.0 Å². The number of carbonyl (C=O) groups is 1. The molecule has 1 aliphatic heterocycles. The van der Waals surface area contributed by atoms with E-state index in [2.05, 4.69) is 5.32 Å². The summed E-state index contributed by atoms with van der Waals surface area (Å²) in [5.41, 5.74) is 1.21. The van der Waals surface area contributed by atoms with E-state index in [1.54, 1.807) is 16.4 Å². The number of aryl methyl sites for hydroxylation is 1. The Kier molecular flexibility index (Phi) is 6.04. The summed E-state index contributed by atoms with van der Waals surface area (Å²) in [6, 6.07) is 4.89. The van der Waals surface area contributed by atoms with Crippen LogP contribution in [0.15, 0.2) is 23.1 Å². The molecule has 1 aromatic rings. The number of carbonyl (C=O) groups excluding carboxylic acids is 1. The van der Waals surface area contributed by atoms with Gasteiger partial charge in [0.25, 0.3) is 5.91 Å². The van der Waals surface area contributed by atoms with Crippen LogP contribution in [-0.2, 0) is 10.0 Å². The van der Waals surface area contributed by atoms with Gasteiger partial charge in [-0.2, -0.15) is 4.31 Å². The third-order valence-corrected chi connectivity index (χ3v) is 6.80. The molecule has 0 unspecified atom stereocenters. The number of benzene rings is 1. The molecule has 1 aromatic carbocycles. The van der Waals surface area contributed by atoms with Crippen molar-refractivity contribution in [3.63, 3.8) is 0 Å². The minimum Gasteiger partial charge on any atom is -0.350 e. The summed E-state index contributed by atoms with van der Waals surface area (Å²) in [5, 5.41) is 2.91. The molecule has 0 aliphatic carbocycles. The minimum atomic E-state index is -3.56. The molecule has 2 rings (SSSR count). The molecule has 24 heavy (non-hydrogen) atoms. The van der Waals surface area contributed by atoms with Crippen LogP contribution in [0, 0.1) is 6.92 Å². The van der Waals surface area contributed by atoms with Crippen molar-refractivity contribution in [3.05, 3.63) is 29.3 Å². The Bertz CT molecular complexity index is 700. The summed E-state index contributed by atoms with van der Waals surface area (Å²) in [7, 11) is -3.56. The van der Waals surface area contributed by atoms with Crippen LogP contribution in [-0.4, -0.2) is 37.3 Å². The van der Waals surface area contributed by atoms with E-state index in [1.165, 1.54) is 6.07 Å². The first-order chi connectivity index (χ1) is 11.3. The van der Waals surface area contributed by atoms with E-state index in [-0.39, 0.29) is 22.9 Å². The molecular formula is C18H28N2O3S. The van der Waals surface area contributed by atoms with Crippen molar-refractivity contribution in [2.45, 2.75) is 70.4 Å². The molecule has 6 heteroatoms. The van der Waals surface area contributed by atoms with Crippen LogP contribution in [0.25, 0.3) is 0 Å². The highest BCUT2D eigenvalue weighted by Gasteiger charge is 2.31. The van der Waals surface area contributed by atoms with E-state index < -0.39 is 10.0 Å². The summed E-state index contributed by atoms with van der Waals surface area (Å²) in [4.78, 5) is 12.6. The lowest BCUT2D eigenvalue weighted by atomic mass is 10.1. The number of nitrogens with zero attached hydrogens (tertiary/aromatic N) is 1. The van der Waals surface area contributed by atoms with Crippen LogP contribution in [0.5, 0.6) is 0 Å². The van der Waals surface area contributed by atoms with Gasteiger partial charge >= 0.3 is 0 Å². The van der Waals surface area contributed by atoms with Crippen molar-refractivity contribution in [1.82, 2.24) is 9.62 Å². The van der Waals surface area contributed by atoms with Crippen molar-refractivity contribution in [2.24, 2.45) is 0 Å². The zero-order valence-electron chi connectivity index (χ0n) is 15.0. The lowest BCUT2D eigenvalue weighted by molar-refractivity contribution is 0.0938. The Morgan fingerprint density at radius 3 is 2.71 bits per heavy atom. The second-order valence-corrected chi connectivity index (χ2v) is 8.61. The van der Waals surface area contributed by atoms with Gasteiger partial charge in [0.15, 0.2) is 0 Å². The monoisotopic (exact) mass is 352 g/mol. The quantitative estimate of drug-likeness (QED) is 0.885. The number of sulfonamides is 1. The zero-order valence-corrected chi connectivity index (χ0v) is 15.8. The normalized spacial score (nSPS) is 20.6. The van der Waals surface area contributed by atoms with Gasteiger partial charge in [-0.1, -0.05) is 19.4 Å². The zero-order chi connectivity index (χ0) is 17.9. The molecule has 1 aliphatic rings. The van der Waals surface area contributed by atoms with Crippen LogP contribution in [0.3, 0.4) is 0 Å². The fourth-order valence-electron chi connectivity index (χ4n) is 2.97. The minimum absolute atomic E-state index is 0.00226. The van der Waals surface area contributed by atoms with Crippen molar-refractivity contribution in [1.29, 1.82) is 0 Å². The molecule has 0 aromatic heterocycles. The smallest absolute Gasteiger partial charge is 0.251 e.